The fraction of sp³-hybridized carbons (Fsp3) is 0.700. The average molecular weight is 182 g/mol. The molecule has 1 aromatic rings. The monoisotopic (exact) mass is 182 g/mol. The van der Waals surface area contributed by atoms with Crippen LogP contribution in [0, 0.1) is 13.8 Å². The Bertz CT molecular complexity index is 279. The molecule has 3 heteroatoms. The summed E-state index contributed by atoms with van der Waals surface area (Å²) in [6.45, 7) is 7.34. The Labute approximate surface area is 79.4 Å². The topological polar surface area (TPSA) is 38.0 Å². The molecule has 0 spiro atoms. The summed E-state index contributed by atoms with van der Waals surface area (Å²) in [6, 6.07) is 0. The maximum atomic E-state index is 8.71. The molecule has 13 heavy (non-hydrogen) atoms. The van der Waals surface area contributed by atoms with Gasteiger partial charge in [0.25, 0.3) is 0 Å². The molecule has 3 nitrogen and oxygen atoms in total. The summed E-state index contributed by atoms with van der Waals surface area (Å²) < 4.78 is 1.99. The molecule has 0 atom stereocenters. The highest BCUT2D eigenvalue weighted by Crippen LogP contribution is 2.13. The van der Waals surface area contributed by atoms with Gasteiger partial charge in [0.05, 0.1) is 5.69 Å². The van der Waals surface area contributed by atoms with Crippen LogP contribution in [0.25, 0.3) is 0 Å². The summed E-state index contributed by atoms with van der Waals surface area (Å²) in [5.74, 6) is 0. The molecule has 1 aromatic heterocycles. The molecule has 0 amide bonds. The van der Waals surface area contributed by atoms with Crippen molar-refractivity contribution in [1.82, 2.24) is 9.78 Å². The van der Waals surface area contributed by atoms with Crippen LogP contribution < -0.4 is 0 Å². The van der Waals surface area contributed by atoms with E-state index in [2.05, 4.69) is 18.9 Å². The first-order chi connectivity index (χ1) is 6.20. The van der Waals surface area contributed by atoms with Crippen LogP contribution >= 0.6 is 0 Å². The fourth-order valence-corrected chi connectivity index (χ4v) is 1.68. The van der Waals surface area contributed by atoms with E-state index in [1.54, 1.807) is 0 Å². The van der Waals surface area contributed by atoms with Crippen molar-refractivity contribution < 1.29 is 5.11 Å². The van der Waals surface area contributed by atoms with Crippen molar-refractivity contribution in [2.24, 2.45) is 0 Å². The molecule has 1 rings (SSSR count). The molecule has 1 N–H and O–H groups in total. The van der Waals surface area contributed by atoms with Crippen molar-refractivity contribution in [1.29, 1.82) is 0 Å². The normalized spacial score (nSPS) is 10.8. The second-order valence-corrected chi connectivity index (χ2v) is 3.30. The Morgan fingerprint density at radius 3 is 2.54 bits per heavy atom. The predicted octanol–water partition coefficient (Wildman–Crippen LogP) is 1.44. The van der Waals surface area contributed by atoms with Crippen molar-refractivity contribution in [3.05, 3.63) is 17.0 Å². The van der Waals surface area contributed by atoms with Gasteiger partial charge in [-0.3, -0.25) is 4.68 Å². The largest absolute Gasteiger partial charge is 0.396 e. The molecule has 0 unspecified atom stereocenters. The van der Waals surface area contributed by atoms with Crippen LogP contribution in [-0.2, 0) is 13.0 Å². The zero-order valence-corrected chi connectivity index (χ0v) is 8.67. The van der Waals surface area contributed by atoms with E-state index in [4.69, 9.17) is 5.11 Å². The van der Waals surface area contributed by atoms with E-state index < -0.39 is 0 Å². The smallest absolute Gasteiger partial charge is 0.0628 e. The van der Waals surface area contributed by atoms with E-state index in [-0.39, 0.29) is 6.61 Å². The Kier molecular flexibility index (Phi) is 3.48. The van der Waals surface area contributed by atoms with Crippen LogP contribution in [0.2, 0.25) is 0 Å². The molecule has 1 heterocycles. The molecule has 74 valence electrons. The quantitative estimate of drug-likeness (QED) is 0.765. The van der Waals surface area contributed by atoms with Crippen molar-refractivity contribution >= 4 is 0 Å². The first kappa shape index (κ1) is 10.3. The second kappa shape index (κ2) is 4.42. The third-order valence-corrected chi connectivity index (χ3v) is 2.41. The first-order valence-corrected chi connectivity index (χ1v) is 4.84. The summed E-state index contributed by atoms with van der Waals surface area (Å²) in [5.41, 5.74) is 3.71. The summed E-state index contributed by atoms with van der Waals surface area (Å²) in [4.78, 5) is 0. The summed E-state index contributed by atoms with van der Waals surface area (Å²) >= 11 is 0. The van der Waals surface area contributed by atoms with Crippen LogP contribution in [0.3, 0.4) is 0 Å². The number of aromatic nitrogens is 2. The fourth-order valence-electron chi connectivity index (χ4n) is 1.68. The molecular formula is C10H18N2O. The molecule has 0 aliphatic rings. The number of aliphatic hydroxyl groups is 1. The van der Waals surface area contributed by atoms with Crippen LogP contribution in [-0.4, -0.2) is 21.5 Å². The number of aliphatic hydroxyl groups excluding tert-OH is 1. The van der Waals surface area contributed by atoms with Gasteiger partial charge in [-0.05, 0) is 32.3 Å². The molecule has 0 saturated heterocycles. The first-order valence-electron chi connectivity index (χ1n) is 4.84. The molecule has 0 radical (unpaired) electrons. The Hall–Kier alpha value is -0.830. The molecule has 0 aliphatic heterocycles. The van der Waals surface area contributed by atoms with Gasteiger partial charge in [-0.2, -0.15) is 5.10 Å². The maximum Gasteiger partial charge on any atom is 0.0628 e. The second-order valence-electron chi connectivity index (χ2n) is 3.30. The third-order valence-electron chi connectivity index (χ3n) is 2.41. The van der Waals surface area contributed by atoms with Gasteiger partial charge < -0.3 is 5.11 Å². The van der Waals surface area contributed by atoms with Gasteiger partial charge in [0, 0.05) is 18.8 Å². The zero-order valence-electron chi connectivity index (χ0n) is 8.67. The number of aryl methyl sites for hydroxylation is 2. The summed E-state index contributed by atoms with van der Waals surface area (Å²) in [7, 11) is 0. The Balaban J connectivity index is 2.83. The van der Waals surface area contributed by atoms with Gasteiger partial charge in [-0.15, -0.1) is 0 Å². The third kappa shape index (κ3) is 2.10. The highest BCUT2D eigenvalue weighted by molar-refractivity contribution is 5.24. The number of hydrogen-bond donors (Lipinski definition) is 1. The number of hydrogen-bond acceptors (Lipinski definition) is 2. The summed E-state index contributed by atoms with van der Waals surface area (Å²) in [5, 5.41) is 13.1. The van der Waals surface area contributed by atoms with Crippen molar-refractivity contribution in [2.45, 2.75) is 40.2 Å². The van der Waals surface area contributed by atoms with Gasteiger partial charge in [-0.1, -0.05) is 6.92 Å². The van der Waals surface area contributed by atoms with Gasteiger partial charge >= 0.3 is 0 Å². The highest BCUT2D eigenvalue weighted by Gasteiger charge is 2.08. The van der Waals surface area contributed by atoms with E-state index in [0.29, 0.717) is 0 Å². The molecule has 0 aromatic carbocycles. The molecule has 0 bridgehead atoms. The minimum Gasteiger partial charge on any atom is -0.396 e. The number of rotatable bonds is 4. The Morgan fingerprint density at radius 1 is 1.38 bits per heavy atom. The lowest BCUT2D eigenvalue weighted by molar-refractivity contribution is 0.276. The SMILES string of the molecule is CCc1c(C)nn(CCCO)c1C. The molecular weight excluding hydrogens is 164 g/mol. The van der Waals surface area contributed by atoms with Gasteiger partial charge in [0.1, 0.15) is 0 Å². The molecule has 0 aliphatic carbocycles. The van der Waals surface area contributed by atoms with Crippen LogP contribution in [0.4, 0.5) is 0 Å². The van der Waals surface area contributed by atoms with Crippen molar-refractivity contribution in [2.75, 3.05) is 6.61 Å². The lowest BCUT2D eigenvalue weighted by atomic mass is 10.1. The van der Waals surface area contributed by atoms with E-state index in [0.717, 1.165) is 25.1 Å². The molecule has 0 fully saturated rings. The maximum absolute atomic E-state index is 8.71. The predicted molar refractivity (Wildman–Crippen MR) is 52.8 cm³/mol. The van der Waals surface area contributed by atoms with E-state index >= 15 is 0 Å². The van der Waals surface area contributed by atoms with E-state index in [9.17, 15) is 0 Å². The van der Waals surface area contributed by atoms with Crippen molar-refractivity contribution in [3.8, 4) is 0 Å². The summed E-state index contributed by atoms with van der Waals surface area (Å²) in [6.07, 6.45) is 1.82. The lowest BCUT2D eigenvalue weighted by Crippen LogP contribution is -2.04. The minimum atomic E-state index is 0.236. The average Bonchev–Trinajstić information content (AvgIpc) is 2.38. The Morgan fingerprint density at radius 2 is 2.08 bits per heavy atom. The van der Waals surface area contributed by atoms with Gasteiger partial charge in [0.2, 0.25) is 0 Å². The van der Waals surface area contributed by atoms with Gasteiger partial charge in [-0.25, -0.2) is 0 Å². The minimum absolute atomic E-state index is 0.236. The van der Waals surface area contributed by atoms with Crippen LogP contribution in [0.1, 0.15) is 30.3 Å². The van der Waals surface area contributed by atoms with Gasteiger partial charge in [0.15, 0.2) is 0 Å². The zero-order chi connectivity index (χ0) is 9.84. The number of nitrogens with zero attached hydrogens (tertiary/aromatic N) is 2. The standard InChI is InChI=1S/C10H18N2O/c1-4-10-8(2)11-12(9(10)3)6-5-7-13/h13H,4-7H2,1-3H3. The van der Waals surface area contributed by atoms with E-state index in [1.165, 1.54) is 11.3 Å². The van der Waals surface area contributed by atoms with Crippen LogP contribution in [0.15, 0.2) is 0 Å². The highest BCUT2D eigenvalue weighted by atomic mass is 16.3. The lowest BCUT2D eigenvalue weighted by Gasteiger charge is -2.02. The van der Waals surface area contributed by atoms with E-state index in [1.807, 2.05) is 11.6 Å². The van der Waals surface area contributed by atoms with Crippen molar-refractivity contribution in [3.63, 3.8) is 0 Å². The molecule has 0 saturated carbocycles. The van der Waals surface area contributed by atoms with Crippen LogP contribution in [0.5, 0.6) is 0 Å².